The van der Waals surface area contributed by atoms with Crippen LogP contribution in [0.25, 0.3) is 0 Å². The summed E-state index contributed by atoms with van der Waals surface area (Å²) in [5.74, 6) is 0.534. The van der Waals surface area contributed by atoms with Gasteiger partial charge < -0.3 is 0 Å². The number of hydrogen-bond acceptors (Lipinski definition) is 1. The van der Waals surface area contributed by atoms with Gasteiger partial charge in [-0.3, -0.25) is 0 Å². The molecule has 0 saturated heterocycles. The summed E-state index contributed by atoms with van der Waals surface area (Å²) in [5.41, 5.74) is 5.01. The molecule has 0 aromatic heterocycles. The third-order valence-electron chi connectivity index (χ3n) is 4.78. The number of carbonyl (C=O) groups is 1. The molecule has 2 rings (SSSR count). The summed E-state index contributed by atoms with van der Waals surface area (Å²) in [4.78, 5) is 12.5. The Morgan fingerprint density at radius 3 is 2.05 bits per heavy atom. The maximum atomic E-state index is 12.5. The number of nitrogens with one attached hydrogen (secondary N) is 1. The Balaban J connectivity index is 0.00000242. The van der Waals surface area contributed by atoms with Crippen LogP contribution in [0, 0.1) is 5.92 Å². The molecule has 1 aromatic carbocycles. The van der Waals surface area contributed by atoms with E-state index in [-0.39, 0.29) is 16.9 Å². The molecule has 1 amide bonds. The predicted octanol–water partition coefficient (Wildman–Crippen LogP) is 3.39. The van der Waals surface area contributed by atoms with Crippen LogP contribution in [0.15, 0.2) is 50.9 Å². The van der Waals surface area contributed by atoms with Crippen LogP contribution in [0.2, 0.25) is 10.5 Å². The van der Waals surface area contributed by atoms with Gasteiger partial charge in [-0.05, 0) is 11.0 Å². The normalized spacial score (nSPS) is 18.4. The van der Waals surface area contributed by atoms with Crippen molar-refractivity contribution in [1.82, 2.24) is 3.80 Å². The molecule has 0 aliphatic heterocycles. The van der Waals surface area contributed by atoms with E-state index in [2.05, 4.69) is 42.0 Å². The molecule has 0 fully saturated rings. The first-order chi connectivity index (χ1) is 9.75. The van der Waals surface area contributed by atoms with E-state index in [4.69, 9.17) is 0 Å². The van der Waals surface area contributed by atoms with E-state index in [9.17, 15) is 4.79 Å². The molecule has 0 radical (unpaired) electrons. The minimum absolute atomic E-state index is 0. The molecule has 1 aliphatic rings. The Bertz CT molecular complexity index is 632. The molecule has 1 unspecified atom stereocenters. The van der Waals surface area contributed by atoms with Gasteiger partial charge in [0.2, 0.25) is 0 Å². The summed E-state index contributed by atoms with van der Waals surface area (Å²) >= 11 is -2.56. The van der Waals surface area contributed by atoms with Crippen molar-refractivity contribution >= 4 is 16.9 Å². The van der Waals surface area contributed by atoms with Gasteiger partial charge in [-0.1, -0.05) is 0 Å². The molecule has 22 heavy (non-hydrogen) atoms. The van der Waals surface area contributed by atoms with Crippen molar-refractivity contribution in [2.75, 3.05) is 0 Å². The molecule has 0 bridgehead atoms. The van der Waals surface area contributed by atoms with E-state index in [0.717, 1.165) is 5.56 Å². The largest absolute Gasteiger partial charge is 0.0149 e. The third-order valence-corrected chi connectivity index (χ3v) is 9.47. The molecule has 0 spiro atoms. The second-order valence-corrected chi connectivity index (χ2v) is 12.8. The van der Waals surface area contributed by atoms with Crippen LogP contribution >= 0.6 is 0 Å². The van der Waals surface area contributed by atoms with Crippen LogP contribution in [0.1, 0.15) is 38.1 Å². The monoisotopic (exact) mass is 351 g/mol. The second kappa shape index (κ2) is 7.12. The Morgan fingerprint density at radius 2 is 1.59 bits per heavy atom. The van der Waals surface area contributed by atoms with Gasteiger partial charge in [0.25, 0.3) is 0 Å². The summed E-state index contributed by atoms with van der Waals surface area (Å²) in [6.07, 6.45) is 0. The molecule has 4 heteroatoms. The molecule has 1 atom stereocenters. The number of hydrogen-bond donors (Lipinski definition) is 1. The second-order valence-electron chi connectivity index (χ2n) is 6.51. The topological polar surface area (TPSA) is 29.1 Å². The maximum Gasteiger partial charge on any atom is -0.0149 e. The molecule has 0 saturated carbocycles. The van der Waals surface area contributed by atoms with Crippen molar-refractivity contribution in [2.45, 2.75) is 38.2 Å². The van der Waals surface area contributed by atoms with Crippen LogP contribution in [-0.4, -0.2) is 16.9 Å². The van der Waals surface area contributed by atoms with Crippen LogP contribution in [-0.2, 0) is 16.8 Å². The fourth-order valence-corrected chi connectivity index (χ4v) is 8.49. The van der Waals surface area contributed by atoms with Gasteiger partial charge in [0.1, 0.15) is 0 Å². The van der Waals surface area contributed by atoms with Gasteiger partial charge in [-0.2, -0.15) is 0 Å². The minimum atomic E-state index is -2.56. The first kappa shape index (κ1) is 19.1. The molecule has 120 valence electrons. The zero-order chi connectivity index (χ0) is 15.8. The van der Waals surface area contributed by atoms with Gasteiger partial charge in [0.05, 0.1) is 0 Å². The van der Waals surface area contributed by atoms with Gasteiger partial charge in [-0.15, -0.1) is 0 Å². The quantitative estimate of drug-likeness (QED) is 0.831. The molecule has 1 aromatic rings. The molecule has 2 nitrogen and oxygen atoms in total. The zero-order valence-corrected chi connectivity index (χ0v) is 15.4. The molecule has 1 N–H and O–H groups in total. The number of allylic oxidation sites excluding steroid dienone is 4. The average Bonchev–Trinajstić information content (AvgIpc) is 2.63. The molecular weight excluding hydrogens is 322 g/mol. The summed E-state index contributed by atoms with van der Waals surface area (Å²) in [7, 11) is 0. The van der Waals surface area contributed by atoms with E-state index in [1.807, 2.05) is 30.3 Å². The first-order valence-corrected chi connectivity index (χ1v) is 12.2. The Hall–Kier alpha value is -0.899. The first-order valence-electron chi connectivity index (χ1n) is 7.52. The average molecular weight is 351 g/mol. The Kier molecular flexibility index (Phi) is 6.19. The maximum absolute atomic E-state index is 12.5. The third kappa shape index (κ3) is 3.53. The Morgan fingerprint density at radius 1 is 1.05 bits per heavy atom. The zero-order valence-electron chi connectivity index (χ0n) is 13.9. The number of carbonyl (C=O) groups excluding carboxylic acids is 1. The van der Waals surface area contributed by atoms with E-state index in [0.29, 0.717) is 5.92 Å². The van der Waals surface area contributed by atoms with Gasteiger partial charge >= 0.3 is 132 Å². The van der Waals surface area contributed by atoms with Crippen molar-refractivity contribution in [3.63, 3.8) is 0 Å². The van der Waals surface area contributed by atoms with Gasteiger partial charge in [0, 0.05) is 0 Å². The summed E-state index contributed by atoms with van der Waals surface area (Å²) in [6, 6.07) is 9.51. The minimum Gasteiger partial charge on any atom is -0.0149 e. The molecule has 1 aliphatic carbocycles. The Labute approximate surface area is 142 Å². The molecule has 0 heterocycles. The van der Waals surface area contributed by atoms with E-state index in [1.54, 1.807) is 0 Å². The van der Waals surface area contributed by atoms with E-state index >= 15 is 0 Å². The number of benzene rings is 1. The van der Waals surface area contributed by atoms with Crippen molar-refractivity contribution in [1.29, 1.82) is 0 Å². The standard InChI is InChI=1S/C9H13.C7H7NO.2CH3.H4Si.Ti/c1-6-5-7(2)9(4)8(6)3;8-7(9)6-4-2-1-3-5-6;;;;/h6H,1-4H3;1-5H,(H2,8,9);2*1H3;1H4;/q;;;;;+1/p-1. The van der Waals surface area contributed by atoms with Crippen molar-refractivity contribution in [2.24, 2.45) is 5.92 Å². The van der Waals surface area contributed by atoms with Crippen LogP contribution in [0.4, 0.5) is 0 Å². The van der Waals surface area contributed by atoms with Crippen molar-refractivity contribution in [3.05, 3.63) is 56.5 Å². The smallest absolute Gasteiger partial charge is 0.0149 e. The van der Waals surface area contributed by atoms with Gasteiger partial charge in [-0.25, -0.2) is 0 Å². The van der Waals surface area contributed by atoms with Crippen LogP contribution < -0.4 is 3.80 Å². The fraction of sp³-hybridized carbons (Fsp3) is 0.389. The number of rotatable bonds is 3. The summed E-state index contributed by atoms with van der Waals surface area (Å²) in [5, 5.41) is 4.56. The fourth-order valence-electron chi connectivity index (χ4n) is 3.39. The predicted molar refractivity (Wildman–Crippen MR) is 97.2 cm³/mol. The number of amides is 1. The van der Waals surface area contributed by atoms with Crippen LogP contribution in [0.3, 0.4) is 0 Å². The SMILES string of the molecule is CC1=C(C)C(C)[C]([Ti]([CH3])([CH3])[NH]C(=O)c2ccccc2)=C1C.[SiH4]. The van der Waals surface area contributed by atoms with Gasteiger partial charge in [0.15, 0.2) is 0 Å². The summed E-state index contributed by atoms with van der Waals surface area (Å²) in [6.45, 7) is 8.89. The van der Waals surface area contributed by atoms with Crippen molar-refractivity contribution in [3.8, 4) is 0 Å². The van der Waals surface area contributed by atoms with E-state index < -0.39 is 16.8 Å². The van der Waals surface area contributed by atoms with E-state index in [1.165, 1.54) is 20.6 Å². The molecular formula is C18H29NOSiTi. The summed E-state index contributed by atoms with van der Waals surface area (Å²) < 4.78 is 4.89. The van der Waals surface area contributed by atoms with Crippen LogP contribution in [0.5, 0.6) is 0 Å². The van der Waals surface area contributed by atoms with Crippen molar-refractivity contribution < 1.29 is 21.6 Å².